The third kappa shape index (κ3) is 3.69. The van der Waals surface area contributed by atoms with Crippen LogP contribution >= 0.6 is 27.5 Å². The van der Waals surface area contributed by atoms with E-state index in [0.717, 1.165) is 10.2 Å². The predicted molar refractivity (Wildman–Crippen MR) is 81.1 cm³/mol. The summed E-state index contributed by atoms with van der Waals surface area (Å²) in [7, 11) is 0. The Morgan fingerprint density at radius 2 is 2.20 bits per heavy atom. The number of aromatic nitrogens is 2. The Labute approximate surface area is 130 Å². The Morgan fingerprint density at radius 3 is 3.00 bits per heavy atom. The Kier molecular flexibility index (Phi) is 4.19. The molecule has 0 aliphatic heterocycles. The van der Waals surface area contributed by atoms with Gasteiger partial charge < -0.3 is 10.1 Å². The summed E-state index contributed by atoms with van der Waals surface area (Å²) in [6, 6.07) is 6.07. The number of rotatable bonds is 5. The van der Waals surface area contributed by atoms with Crippen LogP contribution in [0.3, 0.4) is 0 Å². The number of hydrogen-bond acceptors (Lipinski definition) is 4. The molecule has 1 N–H and O–H groups in total. The maximum absolute atomic E-state index is 6.09. The molecule has 1 aromatic heterocycles. The van der Waals surface area contributed by atoms with E-state index < -0.39 is 0 Å². The van der Waals surface area contributed by atoms with Gasteiger partial charge in [0.25, 0.3) is 0 Å². The van der Waals surface area contributed by atoms with Gasteiger partial charge in [-0.25, -0.2) is 4.98 Å². The van der Waals surface area contributed by atoms with E-state index in [9.17, 15) is 0 Å². The van der Waals surface area contributed by atoms with Crippen LogP contribution in [0.4, 0.5) is 0 Å². The van der Waals surface area contributed by atoms with Crippen LogP contribution in [0, 0.1) is 0 Å². The molecule has 0 saturated heterocycles. The molecule has 1 aliphatic carbocycles. The number of hydrogen-bond donors (Lipinski definition) is 1. The van der Waals surface area contributed by atoms with Gasteiger partial charge in [0.1, 0.15) is 5.75 Å². The van der Waals surface area contributed by atoms with Crippen LogP contribution in [0.25, 0.3) is 0 Å². The second-order valence-corrected chi connectivity index (χ2v) is 6.00. The summed E-state index contributed by atoms with van der Waals surface area (Å²) in [5.74, 6) is 1.00. The first-order valence-corrected chi connectivity index (χ1v) is 7.55. The van der Waals surface area contributed by atoms with Crippen LogP contribution in [0.1, 0.15) is 18.5 Å². The number of ether oxygens (including phenoxy) is 1. The summed E-state index contributed by atoms with van der Waals surface area (Å²) in [4.78, 5) is 8.57. The van der Waals surface area contributed by atoms with Crippen molar-refractivity contribution in [2.45, 2.75) is 25.4 Å². The van der Waals surface area contributed by atoms with Crippen LogP contribution in [0.2, 0.25) is 5.02 Å². The summed E-state index contributed by atoms with van der Waals surface area (Å²) in [5, 5.41) is 3.93. The van der Waals surface area contributed by atoms with Crippen LogP contribution in [-0.4, -0.2) is 16.0 Å². The van der Waals surface area contributed by atoms with Crippen molar-refractivity contribution in [1.82, 2.24) is 15.3 Å². The molecule has 4 nitrogen and oxygen atoms in total. The van der Waals surface area contributed by atoms with E-state index in [-0.39, 0.29) is 0 Å². The zero-order valence-corrected chi connectivity index (χ0v) is 13.0. The highest BCUT2D eigenvalue weighted by Gasteiger charge is 2.20. The molecular formula is C14H13BrClN3O. The number of benzene rings is 1. The first-order valence-electron chi connectivity index (χ1n) is 6.38. The third-order valence-corrected chi connectivity index (χ3v) is 3.72. The van der Waals surface area contributed by atoms with E-state index in [1.807, 2.05) is 6.07 Å². The summed E-state index contributed by atoms with van der Waals surface area (Å²) in [6.45, 7) is 0.709. The maximum Gasteiger partial charge on any atom is 0.238 e. The highest BCUT2D eigenvalue weighted by atomic mass is 79.9. The van der Waals surface area contributed by atoms with Crippen LogP contribution < -0.4 is 10.1 Å². The molecule has 1 aromatic carbocycles. The molecule has 3 rings (SSSR count). The Balaban J connectivity index is 1.72. The fourth-order valence-corrected chi connectivity index (χ4v) is 2.22. The average molecular weight is 355 g/mol. The monoisotopic (exact) mass is 353 g/mol. The Morgan fingerprint density at radius 1 is 1.35 bits per heavy atom. The third-order valence-electron chi connectivity index (χ3n) is 2.92. The Hall–Kier alpha value is -1.17. The molecule has 2 aromatic rings. The van der Waals surface area contributed by atoms with Crippen molar-refractivity contribution in [3.05, 3.63) is 45.8 Å². The lowest BCUT2D eigenvalue weighted by molar-refractivity contribution is 0.456. The molecule has 1 aliphatic rings. The van der Waals surface area contributed by atoms with E-state index in [4.69, 9.17) is 16.3 Å². The Bertz CT molecular complexity index is 619. The average Bonchev–Trinajstić information content (AvgIpc) is 3.25. The van der Waals surface area contributed by atoms with Crippen LogP contribution in [0.5, 0.6) is 11.6 Å². The van der Waals surface area contributed by atoms with Gasteiger partial charge >= 0.3 is 0 Å². The van der Waals surface area contributed by atoms with E-state index in [1.54, 1.807) is 24.5 Å². The van der Waals surface area contributed by atoms with Crippen molar-refractivity contribution in [1.29, 1.82) is 0 Å². The predicted octanol–water partition coefficient (Wildman–Crippen LogP) is 3.94. The number of halogens is 2. The molecule has 0 atom stereocenters. The minimum atomic E-state index is 0.445. The van der Waals surface area contributed by atoms with Gasteiger partial charge in [0, 0.05) is 23.3 Å². The quantitative estimate of drug-likeness (QED) is 0.883. The van der Waals surface area contributed by atoms with Gasteiger partial charge in [0.05, 0.1) is 16.9 Å². The second-order valence-electron chi connectivity index (χ2n) is 4.68. The standard InChI is InChI=1S/C14H13BrClN3O/c15-9-1-4-12(16)13(5-9)20-14-8-17-6-11(19-14)7-18-10-2-3-10/h1,4-6,8,10,18H,2-3,7H2. The molecule has 104 valence electrons. The molecule has 0 unspecified atom stereocenters. The van der Waals surface area contributed by atoms with Crippen molar-refractivity contribution in [2.24, 2.45) is 0 Å². The minimum absolute atomic E-state index is 0.445. The molecule has 0 spiro atoms. The van der Waals surface area contributed by atoms with E-state index in [0.29, 0.717) is 29.2 Å². The largest absolute Gasteiger partial charge is 0.436 e. The van der Waals surface area contributed by atoms with E-state index in [1.165, 1.54) is 12.8 Å². The molecule has 0 bridgehead atoms. The first-order chi connectivity index (χ1) is 9.70. The molecule has 1 heterocycles. The summed E-state index contributed by atoms with van der Waals surface area (Å²) in [6.07, 6.45) is 5.82. The topological polar surface area (TPSA) is 47.0 Å². The van der Waals surface area contributed by atoms with Gasteiger partial charge in [-0.05, 0) is 31.0 Å². The second kappa shape index (κ2) is 6.08. The smallest absolute Gasteiger partial charge is 0.238 e. The maximum atomic E-state index is 6.09. The highest BCUT2D eigenvalue weighted by Crippen LogP contribution is 2.31. The zero-order chi connectivity index (χ0) is 13.9. The van der Waals surface area contributed by atoms with Gasteiger partial charge in [-0.15, -0.1) is 0 Å². The van der Waals surface area contributed by atoms with Gasteiger partial charge in [-0.1, -0.05) is 27.5 Å². The molecule has 20 heavy (non-hydrogen) atoms. The number of nitrogens with one attached hydrogen (secondary N) is 1. The van der Waals surface area contributed by atoms with Crippen molar-refractivity contribution in [3.63, 3.8) is 0 Å². The summed E-state index contributed by atoms with van der Waals surface area (Å²) < 4.78 is 6.59. The first kappa shape index (κ1) is 13.8. The molecule has 6 heteroatoms. The van der Waals surface area contributed by atoms with Crippen LogP contribution in [-0.2, 0) is 6.54 Å². The van der Waals surface area contributed by atoms with Gasteiger partial charge in [0.15, 0.2) is 0 Å². The lowest BCUT2D eigenvalue weighted by Crippen LogP contribution is -2.16. The zero-order valence-electron chi connectivity index (χ0n) is 10.6. The molecule has 1 fully saturated rings. The van der Waals surface area contributed by atoms with Crippen LogP contribution in [0.15, 0.2) is 35.1 Å². The van der Waals surface area contributed by atoms with Gasteiger partial charge in [-0.2, -0.15) is 0 Å². The normalized spacial score (nSPS) is 14.3. The SMILES string of the molecule is Clc1ccc(Br)cc1Oc1cncc(CNC2CC2)n1. The van der Waals surface area contributed by atoms with Crippen molar-refractivity contribution in [3.8, 4) is 11.6 Å². The minimum Gasteiger partial charge on any atom is -0.436 e. The molecule has 1 saturated carbocycles. The fourth-order valence-electron chi connectivity index (χ4n) is 1.73. The summed E-state index contributed by atoms with van der Waals surface area (Å²) >= 11 is 9.48. The van der Waals surface area contributed by atoms with E-state index in [2.05, 4.69) is 31.2 Å². The van der Waals surface area contributed by atoms with E-state index >= 15 is 0 Å². The fraction of sp³-hybridized carbons (Fsp3) is 0.286. The highest BCUT2D eigenvalue weighted by molar-refractivity contribution is 9.10. The van der Waals surface area contributed by atoms with Crippen molar-refractivity contribution in [2.75, 3.05) is 0 Å². The van der Waals surface area contributed by atoms with Gasteiger partial charge in [-0.3, -0.25) is 4.98 Å². The lowest BCUT2D eigenvalue weighted by atomic mass is 10.3. The summed E-state index contributed by atoms with van der Waals surface area (Å²) in [5.41, 5.74) is 0.862. The van der Waals surface area contributed by atoms with Gasteiger partial charge in [0.2, 0.25) is 5.88 Å². The molecule has 0 radical (unpaired) electrons. The molecular weight excluding hydrogens is 342 g/mol. The molecule has 0 amide bonds. The lowest BCUT2D eigenvalue weighted by Gasteiger charge is -2.08. The van der Waals surface area contributed by atoms with Crippen molar-refractivity contribution < 1.29 is 4.74 Å². The number of nitrogens with zero attached hydrogens (tertiary/aromatic N) is 2. The van der Waals surface area contributed by atoms with Crippen molar-refractivity contribution >= 4 is 27.5 Å².